The molecule has 3 heterocycles. The fourth-order valence-electron chi connectivity index (χ4n) is 2.41. The summed E-state index contributed by atoms with van der Waals surface area (Å²) in [5, 5.41) is 2.71. The molecule has 7 heteroatoms. The topological polar surface area (TPSA) is 104 Å². The van der Waals surface area contributed by atoms with Gasteiger partial charge < -0.3 is 20.5 Å². The lowest BCUT2D eigenvalue weighted by molar-refractivity contribution is -0.200. The van der Waals surface area contributed by atoms with Crippen molar-refractivity contribution in [2.45, 2.75) is 24.5 Å². The zero-order chi connectivity index (χ0) is 14.2. The van der Waals surface area contributed by atoms with Crippen molar-refractivity contribution in [2.75, 3.05) is 18.5 Å². The van der Waals surface area contributed by atoms with E-state index >= 15 is 0 Å². The first-order valence-electron chi connectivity index (χ1n) is 6.40. The van der Waals surface area contributed by atoms with Gasteiger partial charge in [-0.3, -0.25) is 14.6 Å². The Labute approximate surface area is 115 Å². The molecular formula is C13H15N3O4. The zero-order valence-corrected chi connectivity index (χ0v) is 10.8. The van der Waals surface area contributed by atoms with Crippen LogP contribution in [0.25, 0.3) is 0 Å². The van der Waals surface area contributed by atoms with Crippen molar-refractivity contribution >= 4 is 17.5 Å². The minimum atomic E-state index is -0.635. The number of rotatable bonds is 3. The molecule has 106 valence electrons. The van der Waals surface area contributed by atoms with Crippen molar-refractivity contribution in [3.63, 3.8) is 0 Å². The molecular weight excluding hydrogens is 262 g/mol. The van der Waals surface area contributed by atoms with Gasteiger partial charge in [0.1, 0.15) is 17.4 Å². The Bertz CT molecular complexity index is 556. The van der Waals surface area contributed by atoms with Gasteiger partial charge in [0.2, 0.25) is 0 Å². The van der Waals surface area contributed by atoms with E-state index in [0.717, 1.165) is 6.42 Å². The molecule has 1 unspecified atom stereocenters. The monoisotopic (exact) mass is 277 g/mol. The van der Waals surface area contributed by atoms with Crippen molar-refractivity contribution in [1.82, 2.24) is 4.98 Å². The van der Waals surface area contributed by atoms with Crippen molar-refractivity contribution in [1.29, 1.82) is 0 Å². The summed E-state index contributed by atoms with van der Waals surface area (Å²) in [5.41, 5.74) is 5.47. The summed E-state index contributed by atoms with van der Waals surface area (Å²) in [6.45, 7) is 1.11. The molecule has 2 aliphatic rings. The fourth-order valence-corrected chi connectivity index (χ4v) is 2.41. The average Bonchev–Trinajstić information content (AvgIpc) is 2.84. The molecule has 0 aromatic carbocycles. The second-order valence-corrected chi connectivity index (χ2v) is 5.10. The van der Waals surface area contributed by atoms with Gasteiger partial charge in [-0.25, -0.2) is 0 Å². The highest BCUT2D eigenvalue weighted by Crippen LogP contribution is 2.36. The lowest BCUT2D eigenvalue weighted by atomic mass is 9.98. The number of carbonyl (C=O) groups excluding carboxylic acids is 2. The minimum absolute atomic E-state index is 0.110. The first-order valence-corrected chi connectivity index (χ1v) is 6.40. The quantitative estimate of drug-likeness (QED) is 0.813. The van der Waals surface area contributed by atoms with Crippen LogP contribution in [0.5, 0.6) is 0 Å². The molecule has 0 bridgehead atoms. The number of aromatic nitrogens is 1. The fraction of sp³-hybridized carbons (Fsp3) is 0.462. The van der Waals surface area contributed by atoms with Crippen LogP contribution in [-0.2, 0) is 14.3 Å². The Morgan fingerprint density at radius 1 is 1.45 bits per heavy atom. The van der Waals surface area contributed by atoms with Crippen LogP contribution in [0.1, 0.15) is 23.3 Å². The predicted molar refractivity (Wildman–Crippen MR) is 69.0 cm³/mol. The third-order valence-corrected chi connectivity index (χ3v) is 3.56. The Balaban J connectivity index is 1.64. The Morgan fingerprint density at radius 3 is 2.85 bits per heavy atom. The molecule has 3 rings (SSSR count). The summed E-state index contributed by atoms with van der Waals surface area (Å²) in [4.78, 5) is 27.0. The Morgan fingerprint density at radius 2 is 2.25 bits per heavy atom. The molecule has 0 saturated carbocycles. The molecule has 1 atom stereocenters. The molecule has 2 fully saturated rings. The van der Waals surface area contributed by atoms with E-state index in [0.29, 0.717) is 25.3 Å². The van der Waals surface area contributed by atoms with E-state index < -0.39 is 12.0 Å². The highest BCUT2D eigenvalue weighted by atomic mass is 16.6. The number of nitrogens with one attached hydrogen (secondary N) is 1. The van der Waals surface area contributed by atoms with Gasteiger partial charge in [0.05, 0.1) is 13.2 Å². The molecule has 2 amide bonds. The maximum Gasteiger partial charge on any atom is 0.267 e. The van der Waals surface area contributed by atoms with E-state index in [1.165, 1.54) is 12.3 Å². The Hall–Kier alpha value is -1.99. The zero-order valence-electron chi connectivity index (χ0n) is 10.8. The van der Waals surface area contributed by atoms with Crippen LogP contribution in [0.2, 0.25) is 0 Å². The Kier molecular flexibility index (Phi) is 3.15. The number of pyridine rings is 1. The summed E-state index contributed by atoms with van der Waals surface area (Å²) in [6.07, 6.45) is 2.44. The standard InChI is InChI=1S/C13H15N3O4/c14-11(17)9-5-8(2-4-15-9)16-12(18)10-1-3-13(20-10)6-19-7-13/h2,4-5,10H,1,3,6-7H2,(H2,14,17)(H,15,16,18). The van der Waals surface area contributed by atoms with Gasteiger partial charge >= 0.3 is 0 Å². The summed E-state index contributed by atoms with van der Waals surface area (Å²) in [6, 6.07) is 3.04. The number of anilines is 1. The van der Waals surface area contributed by atoms with Crippen LogP contribution >= 0.6 is 0 Å². The smallest absolute Gasteiger partial charge is 0.267 e. The molecule has 3 N–H and O–H groups in total. The maximum absolute atomic E-state index is 12.1. The summed E-state index contributed by atoms with van der Waals surface area (Å²) in [7, 11) is 0. The van der Waals surface area contributed by atoms with Gasteiger partial charge in [-0.1, -0.05) is 0 Å². The van der Waals surface area contributed by atoms with Crippen LogP contribution < -0.4 is 11.1 Å². The van der Waals surface area contributed by atoms with Crippen molar-refractivity contribution < 1.29 is 19.1 Å². The molecule has 2 aliphatic heterocycles. The third kappa shape index (κ3) is 2.37. The van der Waals surface area contributed by atoms with Gasteiger partial charge in [-0.05, 0) is 25.0 Å². The van der Waals surface area contributed by atoms with E-state index in [1.54, 1.807) is 6.07 Å². The highest BCUT2D eigenvalue weighted by Gasteiger charge is 2.48. The summed E-state index contributed by atoms with van der Waals surface area (Å²) in [5.74, 6) is -0.862. The van der Waals surface area contributed by atoms with Crippen molar-refractivity contribution in [3.05, 3.63) is 24.0 Å². The van der Waals surface area contributed by atoms with Crippen LogP contribution in [0.15, 0.2) is 18.3 Å². The van der Waals surface area contributed by atoms with Crippen LogP contribution in [-0.4, -0.2) is 41.7 Å². The molecule has 20 heavy (non-hydrogen) atoms. The largest absolute Gasteiger partial charge is 0.375 e. The minimum Gasteiger partial charge on any atom is -0.375 e. The van der Waals surface area contributed by atoms with E-state index in [4.69, 9.17) is 15.2 Å². The van der Waals surface area contributed by atoms with Gasteiger partial charge in [0.25, 0.3) is 11.8 Å². The predicted octanol–water partition coefficient (Wildman–Crippen LogP) is 0.0670. The molecule has 1 aromatic heterocycles. The molecule has 2 saturated heterocycles. The number of primary amides is 1. The number of nitrogens with two attached hydrogens (primary N) is 1. The first kappa shape index (κ1) is 13.0. The van der Waals surface area contributed by atoms with E-state index in [9.17, 15) is 9.59 Å². The van der Waals surface area contributed by atoms with E-state index in [1.807, 2.05) is 0 Å². The van der Waals surface area contributed by atoms with Crippen molar-refractivity contribution in [3.8, 4) is 0 Å². The third-order valence-electron chi connectivity index (χ3n) is 3.56. The van der Waals surface area contributed by atoms with Crippen LogP contribution in [0, 0.1) is 0 Å². The molecule has 0 aliphatic carbocycles. The SMILES string of the molecule is NC(=O)c1cc(NC(=O)C2CCC3(COC3)O2)ccn1. The van der Waals surface area contributed by atoms with Gasteiger partial charge in [0, 0.05) is 11.9 Å². The molecule has 0 radical (unpaired) electrons. The number of hydrogen-bond donors (Lipinski definition) is 2. The van der Waals surface area contributed by atoms with Crippen molar-refractivity contribution in [2.24, 2.45) is 5.73 Å². The molecule has 1 aromatic rings. The second-order valence-electron chi connectivity index (χ2n) is 5.10. The number of ether oxygens (including phenoxy) is 2. The number of carbonyl (C=O) groups is 2. The van der Waals surface area contributed by atoms with Crippen LogP contribution in [0.3, 0.4) is 0 Å². The number of nitrogens with zero attached hydrogens (tertiary/aromatic N) is 1. The highest BCUT2D eigenvalue weighted by molar-refractivity contribution is 5.96. The van der Waals surface area contributed by atoms with Crippen LogP contribution in [0.4, 0.5) is 5.69 Å². The van der Waals surface area contributed by atoms with E-state index in [-0.39, 0.29) is 17.2 Å². The lowest BCUT2D eigenvalue weighted by Gasteiger charge is -2.37. The second kappa shape index (κ2) is 4.84. The normalized spacial score (nSPS) is 23.3. The lowest BCUT2D eigenvalue weighted by Crippen LogP contribution is -2.50. The first-order chi connectivity index (χ1) is 9.58. The number of amides is 2. The maximum atomic E-state index is 12.1. The summed E-state index contributed by atoms with van der Waals surface area (Å²) < 4.78 is 10.9. The molecule has 7 nitrogen and oxygen atoms in total. The van der Waals surface area contributed by atoms with Gasteiger partial charge in [-0.2, -0.15) is 0 Å². The van der Waals surface area contributed by atoms with Gasteiger partial charge in [0.15, 0.2) is 0 Å². The molecule has 1 spiro atoms. The summed E-state index contributed by atoms with van der Waals surface area (Å²) >= 11 is 0. The number of hydrogen-bond acceptors (Lipinski definition) is 5. The van der Waals surface area contributed by atoms with E-state index in [2.05, 4.69) is 10.3 Å². The average molecular weight is 277 g/mol. The van der Waals surface area contributed by atoms with Gasteiger partial charge in [-0.15, -0.1) is 0 Å².